The van der Waals surface area contributed by atoms with Gasteiger partial charge < -0.3 is 9.80 Å². The van der Waals surface area contributed by atoms with Crippen LogP contribution in [0.1, 0.15) is 0 Å². The highest BCUT2D eigenvalue weighted by molar-refractivity contribution is 6.99. The van der Waals surface area contributed by atoms with E-state index in [1.54, 1.807) is 0 Å². The second kappa shape index (κ2) is 9.92. The Bertz CT molecular complexity index is 1860. The number of anilines is 6. The number of fused-ring (bicyclic) bond motifs is 4. The van der Waals surface area contributed by atoms with Crippen LogP contribution in [0.4, 0.5) is 34.1 Å². The molecule has 4 heterocycles. The Labute approximate surface area is 256 Å². The van der Waals surface area contributed by atoms with Crippen molar-refractivity contribution in [1.82, 2.24) is 20.4 Å². The van der Waals surface area contributed by atoms with Crippen LogP contribution in [0.15, 0.2) is 146 Å². The molecule has 2 aromatic heterocycles. The summed E-state index contributed by atoms with van der Waals surface area (Å²) in [6, 6.07) is 44.2. The zero-order valence-corrected chi connectivity index (χ0v) is 23.8. The molecule has 0 atom stereocenters. The van der Waals surface area contributed by atoms with E-state index in [0.29, 0.717) is 0 Å². The van der Waals surface area contributed by atoms with E-state index in [4.69, 9.17) is 0 Å². The Morgan fingerprint density at radius 1 is 0.409 bits per heavy atom. The summed E-state index contributed by atoms with van der Waals surface area (Å²) in [6.45, 7) is 0.226. The highest BCUT2D eigenvalue weighted by atomic mass is 15.2. The van der Waals surface area contributed by atoms with Crippen LogP contribution in [0, 0.1) is 0 Å². The van der Waals surface area contributed by atoms with Crippen molar-refractivity contribution in [2.45, 2.75) is 0 Å². The Balaban J connectivity index is 1.17. The lowest BCUT2D eigenvalue weighted by molar-refractivity contribution is 1.09. The Morgan fingerprint density at radius 2 is 0.727 bits per heavy atom. The molecule has 7 aromatic rings. The molecule has 9 rings (SSSR count). The normalized spacial score (nSPS) is 13.3. The van der Waals surface area contributed by atoms with Gasteiger partial charge >= 0.3 is 0 Å². The molecule has 5 aromatic carbocycles. The van der Waals surface area contributed by atoms with Crippen LogP contribution in [0.25, 0.3) is 0 Å². The van der Waals surface area contributed by atoms with E-state index >= 15 is 0 Å². The molecule has 0 bridgehead atoms. The van der Waals surface area contributed by atoms with Crippen molar-refractivity contribution in [1.29, 1.82) is 0 Å². The molecular formula is C36H26B2N6. The number of H-pyrrole nitrogens is 2. The summed E-state index contributed by atoms with van der Waals surface area (Å²) in [4.78, 5) is 4.61. The summed E-state index contributed by atoms with van der Waals surface area (Å²) in [6.07, 6.45) is 7.68. The quantitative estimate of drug-likeness (QED) is 0.320. The Hall–Kier alpha value is -5.75. The minimum absolute atomic E-state index is 0.113. The largest absolute Gasteiger partial charge is 0.309 e. The van der Waals surface area contributed by atoms with Gasteiger partial charge in [-0.15, -0.1) is 0 Å². The average molecular weight is 564 g/mol. The zero-order chi connectivity index (χ0) is 29.0. The molecule has 6 nitrogen and oxygen atoms in total. The van der Waals surface area contributed by atoms with Crippen LogP contribution >= 0.6 is 0 Å². The first-order chi connectivity index (χ1) is 21.9. The van der Waals surface area contributed by atoms with Gasteiger partial charge in [-0.2, -0.15) is 10.2 Å². The molecule has 2 aliphatic heterocycles. The lowest BCUT2D eigenvalue weighted by atomic mass is 9.33. The highest BCUT2D eigenvalue weighted by Crippen LogP contribution is 2.36. The smallest absolute Gasteiger partial charge is 0.246 e. The first-order valence-electron chi connectivity index (χ1n) is 14.9. The number of hydrogen-bond donors (Lipinski definition) is 2. The second-order valence-electron chi connectivity index (χ2n) is 11.4. The number of para-hydroxylation sites is 4. The van der Waals surface area contributed by atoms with Gasteiger partial charge in [0, 0.05) is 35.1 Å². The molecule has 206 valence electrons. The van der Waals surface area contributed by atoms with Gasteiger partial charge in [0.1, 0.15) is 0 Å². The van der Waals surface area contributed by atoms with Crippen LogP contribution in [-0.2, 0) is 0 Å². The van der Waals surface area contributed by atoms with E-state index in [1.807, 2.05) is 24.8 Å². The number of aromatic nitrogens is 4. The van der Waals surface area contributed by atoms with Crippen molar-refractivity contribution >= 4 is 80.3 Å². The Kier molecular flexibility index (Phi) is 5.59. The molecule has 2 aliphatic rings. The third kappa shape index (κ3) is 3.71. The van der Waals surface area contributed by atoms with Gasteiger partial charge in [-0.1, -0.05) is 108 Å². The fourth-order valence-corrected chi connectivity index (χ4v) is 7.22. The van der Waals surface area contributed by atoms with Crippen molar-refractivity contribution in [3.63, 3.8) is 0 Å². The minimum Gasteiger partial charge on any atom is -0.309 e. The topological polar surface area (TPSA) is 63.8 Å². The monoisotopic (exact) mass is 564 g/mol. The number of rotatable bonds is 4. The van der Waals surface area contributed by atoms with Crippen LogP contribution in [0.5, 0.6) is 0 Å². The lowest BCUT2D eigenvalue weighted by Crippen LogP contribution is -2.59. The van der Waals surface area contributed by atoms with E-state index in [0.717, 1.165) is 11.4 Å². The Morgan fingerprint density at radius 3 is 1.02 bits per heavy atom. The molecule has 0 fully saturated rings. The van der Waals surface area contributed by atoms with Gasteiger partial charge in [-0.25, -0.2) is 0 Å². The predicted molar refractivity (Wildman–Crippen MR) is 182 cm³/mol. The standard InChI is InChI=1S/C36H26B2N6/c1-5-13-33-29(9-1)37(30-10-2-6-14-34(30)43(33)27-21-39-40-22-27)25-17-19-26(20-18-25)38-31-11-3-7-15-35(31)44(28-23-41-42-24-28)36-16-8-4-12-32(36)38/h1-24H,(H,39,40)(H,41,42). The SMILES string of the molecule is c1ccc2c(c1)B(c1ccc(B3c4ccccc4N(c4cn[nH]c4)c4ccccc43)cc1)c1ccccc1N2c1cn[nH]c1. The second-order valence-corrected chi connectivity index (χ2v) is 11.4. The summed E-state index contributed by atoms with van der Waals surface area (Å²) < 4.78 is 0. The summed E-state index contributed by atoms with van der Waals surface area (Å²) in [5.41, 5.74) is 14.4. The average Bonchev–Trinajstić information content (AvgIpc) is 3.82. The van der Waals surface area contributed by atoms with Crippen molar-refractivity contribution in [3.8, 4) is 0 Å². The molecular weight excluding hydrogens is 538 g/mol. The minimum atomic E-state index is 0.113. The fourth-order valence-electron chi connectivity index (χ4n) is 7.22. The van der Waals surface area contributed by atoms with Crippen molar-refractivity contribution in [2.75, 3.05) is 9.80 Å². The van der Waals surface area contributed by atoms with Gasteiger partial charge in [0.25, 0.3) is 0 Å². The third-order valence-corrected chi connectivity index (χ3v) is 9.04. The van der Waals surface area contributed by atoms with Crippen LogP contribution in [-0.4, -0.2) is 33.8 Å². The van der Waals surface area contributed by atoms with Crippen LogP contribution in [0.3, 0.4) is 0 Å². The maximum atomic E-state index is 4.25. The van der Waals surface area contributed by atoms with Crippen molar-refractivity contribution < 1.29 is 0 Å². The lowest BCUT2D eigenvalue weighted by Gasteiger charge is -2.37. The number of hydrogen-bond acceptors (Lipinski definition) is 4. The summed E-state index contributed by atoms with van der Waals surface area (Å²) >= 11 is 0. The van der Waals surface area contributed by atoms with Crippen LogP contribution in [0.2, 0.25) is 0 Å². The first kappa shape index (κ1) is 24.8. The maximum absolute atomic E-state index is 4.25. The molecule has 0 amide bonds. The molecule has 0 aliphatic carbocycles. The van der Waals surface area contributed by atoms with Crippen LogP contribution < -0.4 is 42.6 Å². The summed E-state index contributed by atoms with van der Waals surface area (Å²) in [5.74, 6) is 0. The molecule has 0 saturated carbocycles. The molecule has 2 N–H and O–H groups in total. The number of nitrogens with one attached hydrogen (secondary N) is 2. The fraction of sp³-hybridized carbons (Fsp3) is 0. The molecule has 0 saturated heterocycles. The molecule has 8 heteroatoms. The maximum Gasteiger partial charge on any atom is 0.246 e. The van der Waals surface area contributed by atoms with E-state index in [-0.39, 0.29) is 13.4 Å². The van der Waals surface area contributed by atoms with Gasteiger partial charge in [-0.05, 0) is 46.1 Å². The summed E-state index contributed by atoms with van der Waals surface area (Å²) in [7, 11) is 0. The molecule has 44 heavy (non-hydrogen) atoms. The number of aromatic amines is 2. The van der Waals surface area contributed by atoms with Gasteiger partial charge in [0.2, 0.25) is 13.4 Å². The van der Waals surface area contributed by atoms with Gasteiger partial charge in [0.05, 0.1) is 23.8 Å². The van der Waals surface area contributed by atoms with E-state index in [9.17, 15) is 0 Å². The van der Waals surface area contributed by atoms with Gasteiger partial charge in [0.15, 0.2) is 0 Å². The number of nitrogens with zero attached hydrogens (tertiary/aromatic N) is 4. The van der Waals surface area contributed by atoms with E-state index in [2.05, 4.69) is 152 Å². The zero-order valence-electron chi connectivity index (χ0n) is 23.8. The summed E-state index contributed by atoms with van der Waals surface area (Å²) in [5, 5.41) is 14.5. The number of benzene rings is 5. The van der Waals surface area contributed by atoms with Gasteiger partial charge in [-0.3, -0.25) is 10.2 Å². The third-order valence-electron chi connectivity index (χ3n) is 9.04. The predicted octanol–water partition coefficient (Wildman–Crippen LogP) is 3.73. The molecule has 0 unspecified atom stereocenters. The first-order valence-corrected chi connectivity index (χ1v) is 14.9. The van der Waals surface area contributed by atoms with E-state index < -0.39 is 0 Å². The highest BCUT2D eigenvalue weighted by Gasteiger charge is 2.37. The van der Waals surface area contributed by atoms with Crippen molar-refractivity contribution in [3.05, 3.63) is 146 Å². The van der Waals surface area contributed by atoms with E-state index in [1.165, 1.54) is 55.5 Å². The molecule has 0 radical (unpaired) electrons. The van der Waals surface area contributed by atoms with Crippen molar-refractivity contribution in [2.24, 2.45) is 0 Å². The molecule has 0 spiro atoms.